The molecule has 2 heterocycles. The summed E-state index contributed by atoms with van der Waals surface area (Å²) in [5, 5.41) is 2.95. The molecular weight excluding hydrogens is 236 g/mol. The third kappa shape index (κ3) is 2.34. The third-order valence-corrected chi connectivity index (χ3v) is 2.49. The Labute approximate surface area is 103 Å². The van der Waals surface area contributed by atoms with E-state index in [-0.39, 0.29) is 11.3 Å². The molecule has 2 N–H and O–H groups in total. The van der Waals surface area contributed by atoms with Gasteiger partial charge in [0.15, 0.2) is 5.82 Å². The first kappa shape index (κ1) is 12.2. The highest BCUT2D eigenvalue weighted by Gasteiger charge is 2.10. The minimum atomic E-state index is -0.338. The summed E-state index contributed by atoms with van der Waals surface area (Å²) < 4.78 is 10.4. The molecule has 0 saturated carbocycles. The van der Waals surface area contributed by atoms with Crippen LogP contribution in [0, 0.1) is 13.8 Å². The van der Waals surface area contributed by atoms with Crippen LogP contribution in [0.3, 0.4) is 0 Å². The Bertz CT molecular complexity index is 583. The maximum atomic E-state index is 11.4. The van der Waals surface area contributed by atoms with Gasteiger partial charge in [0, 0.05) is 0 Å². The van der Waals surface area contributed by atoms with E-state index in [1.54, 1.807) is 0 Å². The summed E-state index contributed by atoms with van der Waals surface area (Å²) in [5.74, 6) is 1.80. The molecule has 2 aromatic rings. The lowest BCUT2D eigenvalue weighted by molar-refractivity contribution is 0.407. The number of nitrogens with zero attached hydrogens (tertiary/aromatic N) is 2. The van der Waals surface area contributed by atoms with Crippen LogP contribution in [0.15, 0.2) is 15.5 Å². The average Bonchev–Trinajstić information content (AvgIpc) is 2.66. The molecule has 0 radical (unpaired) electrons. The van der Waals surface area contributed by atoms with E-state index in [1.807, 2.05) is 13.8 Å². The molecule has 0 aromatic carbocycles. The number of rotatable bonds is 4. The quantitative estimate of drug-likeness (QED) is 0.840. The molecule has 7 heteroatoms. The molecule has 0 spiro atoms. The van der Waals surface area contributed by atoms with E-state index in [9.17, 15) is 4.79 Å². The number of anilines is 1. The van der Waals surface area contributed by atoms with Crippen LogP contribution in [-0.2, 0) is 6.54 Å². The number of methoxy groups -OCH3 is 1. The van der Waals surface area contributed by atoms with Crippen molar-refractivity contribution in [2.75, 3.05) is 12.4 Å². The molecule has 0 saturated heterocycles. The lowest BCUT2D eigenvalue weighted by atomic mass is 10.4. The van der Waals surface area contributed by atoms with E-state index in [0.717, 1.165) is 11.5 Å². The van der Waals surface area contributed by atoms with E-state index in [0.29, 0.717) is 18.3 Å². The van der Waals surface area contributed by atoms with Gasteiger partial charge in [-0.25, -0.2) is 9.97 Å². The first-order valence-corrected chi connectivity index (χ1v) is 5.40. The Morgan fingerprint density at radius 2 is 2.28 bits per heavy atom. The lowest BCUT2D eigenvalue weighted by Gasteiger charge is -2.06. The summed E-state index contributed by atoms with van der Waals surface area (Å²) in [6.45, 7) is 4.05. The highest BCUT2D eigenvalue weighted by molar-refractivity contribution is 5.47. The van der Waals surface area contributed by atoms with Gasteiger partial charge in [-0.05, 0) is 13.8 Å². The van der Waals surface area contributed by atoms with Gasteiger partial charge in [0.25, 0.3) is 5.56 Å². The Morgan fingerprint density at radius 1 is 1.50 bits per heavy atom. The molecule has 2 aromatic heterocycles. The van der Waals surface area contributed by atoms with Gasteiger partial charge >= 0.3 is 0 Å². The fourth-order valence-corrected chi connectivity index (χ4v) is 1.48. The van der Waals surface area contributed by atoms with Gasteiger partial charge in [0.05, 0.1) is 25.7 Å². The second-order valence-electron chi connectivity index (χ2n) is 3.72. The predicted molar refractivity (Wildman–Crippen MR) is 64.7 cm³/mol. The van der Waals surface area contributed by atoms with Gasteiger partial charge < -0.3 is 19.5 Å². The molecule has 0 aliphatic heterocycles. The SMILES string of the molecule is COc1c(NCc2nc(C)c(C)o2)nc[nH]c1=O. The van der Waals surface area contributed by atoms with Crippen molar-refractivity contribution in [3.63, 3.8) is 0 Å². The van der Waals surface area contributed by atoms with Crippen LogP contribution < -0.4 is 15.6 Å². The summed E-state index contributed by atoms with van der Waals surface area (Å²) in [7, 11) is 1.41. The standard InChI is InChI=1S/C11H14N4O3/c1-6-7(2)18-8(15-6)4-12-10-9(17-3)11(16)14-5-13-10/h5H,4H2,1-3H3,(H2,12,13,14,16). The number of hydrogen-bond donors (Lipinski definition) is 2. The van der Waals surface area contributed by atoms with Crippen molar-refractivity contribution in [3.05, 3.63) is 34.0 Å². The van der Waals surface area contributed by atoms with Crippen LogP contribution in [0.5, 0.6) is 5.75 Å². The van der Waals surface area contributed by atoms with Crippen molar-refractivity contribution in [3.8, 4) is 5.75 Å². The number of aromatic amines is 1. The maximum Gasteiger partial charge on any atom is 0.295 e. The van der Waals surface area contributed by atoms with Crippen molar-refractivity contribution in [2.24, 2.45) is 0 Å². The molecule has 0 aliphatic rings. The number of aromatic nitrogens is 3. The van der Waals surface area contributed by atoms with E-state index < -0.39 is 0 Å². The zero-order valence-electron chi connectivity index (χ0n) is 10.4. The maximum absolute atomic E-state index is 11.4. The molecule has 7 nitrogen and oxygen atoms in total. The smallest absolute Gasteiger partial charge is 0.295 e. The van der Waals surface area contributed by atoms with Crippen LogP contribution >= 0.6 is 0 Å². The topological polar surface area (TPSA) is 93.0 Å². The highest BCUT2D eigenvalue weighted by atomic mass is 16.5. The minimum absolute atomic E-state index is 0.137. The van der Waals surface area contributed by atoms with Crippen LogP contribution in [0.25, 0.3) is 0 Å². The molecule has 0 fully saturated rings. The second kappa shape index (κ2) is 4.91. The largest absolute Gasteiger partial charge is 0.489 e. The summed E-state index contributed by atoms with van der Waals surface area (Å²) in [6.07, 6.45) is 1.30. The minimum Gasteiger partial charge on any atom is -0.489 e. The molecule has 0 aliphatic carbocycles. The summed E-state index contributed by atoms with van der Waals surface area (Å²) in [5.41, 5.74) is 0.507. The second-order valence-corrected chi connectivity index (χ2v) is 3.72. The summed E-state index contributed by atoms with van der Waals surface area (Å²) in [4.78, 5) is 22.1. The normalized spacial score (nSPS) is 10.4. The van der Waals surface area contributed by atoms with E-state index in [1.165, 1.54) is 13.4 Å². The van der Waals surface area contributed by atoms with Gasteiger partial charge in [0.1, 0.15) is 5.76 Å². The van der Waals surface area contributed by atoms with Crippen molar-refractivity contribution in [1.82, 2.24) is 15.0 Å². The molecule has 0 atom stereocenters. The Kier molecular flexibility index (Phi) is 3.31. The molecule has 0 bridgehead atoms. The molecule has 18 heavy (non-hydrogen) atoms. The first-order valence-electron chi connectivity index (χ1n) is 5.40. The summed E-state index contributed by atoms with van der Waals surface area (Å²) in [6, 6.07) is 0. The number of hydrogen-bond acceptors (Lipinski definition) is 6. The fraction of sp³-hybridized carbons (Fsp3) is 0.364. The van der Waals surface area contributed by atoms with Crippen molar-refractivity contribution in [2.45, 2.75) is 20.4 Å². The predicted octanol–water partition coefficient (Wildman–Crippen LogP) is 0.995. The van der Waals surface area contributed by atoms with Gasteiger partial charge in [-0.3, -0.25) is 4.79 Å². The molecule has 96 valence electrons. The van der Waals surface area contributed by atoms with E-state index >= 15 is 0 Å². The zero-order valence-corrected chi connectivity index (χ0v) is 10.4. The number of H-pyrrole nitrogens is 1. The van der Waals surface area contributed by atoms with Crippen LogP contribution in [0.1, 0.15) is 17.3 Å². The van der Waals surface area contributed by atoms with Crippen LogP contribution in [0.4, 0.5) is 5.82 Å². The number of ether oxygens (including phenoxy) is 1. The fourth-order valence-electron chi connectivity index (χ4n) is 1.48. The lowest BCUT2D eigenvalue weighted by Crippen LogP contribution is -2.14. The van der Waals surface area contributed by atoms with E-state index in [4.69, 9.17) is 9.15 Å². The number of aryl methyl sites for hydroxylation is 2. The Morgan fingerprint density at radius 3 is 2.89 bits per heavy atom. The monoisotopic (exact) mass is 250 g/mol. The van der Waals surface area contributed by atoms with Crippen molar-refractivity contribution in [1.29, 1.82) is 0 Å². The third-order valence-electron chi connectivity index (χ3n) is 2.49. The summed E-state index contributed by atoms with van der Waals surface area (Å²) >= 11 is 0. The van der Waals surface area contributed by atoms with Gasteiger partial charge in [-0.1, -0.05) is 0 Å². The van der Waals surface area contributed by atoms with E-state index in [2.05, 4.69) is 20.3 Å². The highest BCUT2D eigenvalue weighted by Crippen LogP contribution is 2.16. The van der Waals surface area contributed by atoms with Crippen LogP contribution in [0.2, 0.25) is 0 Å². The first-order chi connectivity index (χ1) is 8.61. The molecule has 2 rings (SSSR count). The Hall–Kier alpha value is -2.31. The average molecular weight is 250 g/mol. The molecule has 0 unspecified atom stereocenters. The van der Waals surface area contributed by atoms with Gasteiger partial charge in [-0.15, -0.1) is 0 Å². The Balaban J connectivity index is 2.15. The van der Waals surface area contributed by atoms with Gasteiger partial charge in [0.2, 0.25) is 11.6 Å². The van der Waals surface area contributed by atoms with Crippen molar-refractivity contribution < 1.29 is 9.15 Å². The van der Waals surface area contributed by atoms with Gasteiger partial charge in [-0.2, -0.15) is 0 Å². The zero-order chi connectivity index (χ0) is 13.1. The molecular formula is C11H14N4O3. The number of nitrogens with one attached hydrogen (secondary N) is 2. The van der Waals surface area contributed by atoms with Crippen molar-refractivity contribution >= 4 is 5.82 Å². The number of oxazole rings is 1. The van der Waals surface area contributed by atoms with Crippen LogP contribution in [-0.4, -0.2) is 22.1 Å². The molecule has 0 amide bonds.